The van der Waals surface area contributed by atoms with Gasteiger partial charge in [-0.1, -0.05) is 27.7 Å². The van der Waals surface area contributed by atoms with Gasteiger partial charge in [-0.05, 0) is 30.1 Å². The summed E-state index contributed by atoms with van der Waals surface area (Å²) in [5, 5.41) is 3.31. The maximum absolute atomic E-state index is 13.6. The van der Waals surface area contributed by atoms with Crippen LogP contribution in [0.1, 0.15) is 56.1 Å². The Kier molecular flexibility index (Phi) is 7.49. The second kappa shape index (κ2) is 10.2. The lowest BCUT2D eigenvalue weighted by Gasteiger charge is -2.43. The number of morpholine rings is 1. The van der Waals surface area contributed by atoms with E-state index in [1.165, 1.54) is 4.57 Å². The maximum Gasteiger partial charge on any atom is 0.330 e. The predicted molar refractivity (Wildman–Crippen MR) is 135 cm³/mol. The number of hydrogen-bond acceptors (Lipinski definition) is 7. The fourth-order valence-electron chi connectivity index (χ4n) is 4.78. The van der Waals surface area contributed by atoms with Gasteiger partial charge in [0.05, 0.1) is 24.2 Å². The summed E-state index contributed by atoms with van der Waals surface area (Å²) >= 11 is 1.91. The summed E-state index contributed by atoms with van der Waals surface area (Å²) in [6.07, 6.45) is 1.00. The molecule has 2 fully saturated rings. The molecule has 2 aromatic heterocycles. The molecule has 0 aromatic carbocycles. The summed E-state index contributed by atoms with van der Waals surface area (Å²) in [6, 6.07) is 1.70. The third-order valence-corrected chi connectivity index (χ3v) is 7.93. The number of carbonyl (C=O) groups excluding carboxylic acids is 1. The minimum Gasteiger partial charge on any atom is -0.379 e. The van der Waals surface area contributed by atoms with Gasteiger partial charge in [0.25, 0.3) is 11.5 Å². The topological polar surface area (TPSA) is 109 Å². The maximum atomic E-state index is 13.6. The summed E-state index contributed by atoms with van der Waals surface area (Å²) in [6.45, 7) is 12.0. The van der Waals surface area contributed by atoms with Gasteiger partial charge >= 0.3 is 5.69 Å². The quantitative estimate of drug-likeness (QED) is 0.610. The van der Waals surface area contributed by atoms with Crippen LogP contribution in [0.2, 0.25) is 0 Å². The first-order valence-electron chi connectivity index (χ1n) is 12.1. The molecule has 0 radical (unpaired) electrons. The molecule has 4 heterocycles. The van der Waals surface area contributed by atoms with Crippen molar-refractivity contribution in [1.82, 2.24) is 24.8 Å². The number of nitrogens with one attached hydrogen (secondary N) is 2. The van der Waals surface area contributed by atoms with Crippen molar-refractivity contribution in [2.75, 3.05) is 44.4 Å². The smallest absolute Gasteiger partial charge is 0.330 e. The van der Waals surface area contributed by atoms with Crippen LogP contribution >= 0.6 is 11.8 Å². The Hall–Kier alpha value is -2.17. The van der Waals surface area contributed by atoms with Crippen LogP contribution in [0.3, 0.4) is 0 Å². The van der Waals surface area contributed by atoms with E-state index in [4.69, 9.17) is 4.74 Å². The number of ether oxygens (including phenoxy) is 1. The first-order valence-corrected chi connectivity index (χ1v) is 13.2. The zero-order valence-corrected chi connectivity index (χ0v) is 21.3. The highest BCUT2D eigenvalue weighted by molar-refractivity contribution is 7.99. The van der Waals surface area contributed by atoms with Gasteiger partial charge in [-0.15, -0.1) is 0 Å². The van der Waals surface area contributed by atoms with E-state index in [1.807, 2.05) is 39.5 Å². The van der Waals surface area contributed by atoms with E-state index in [2.05, 4.69) is 20.2 Å². The van der Waals surface area contributed by atoms with Crippen molar-refractivity contribution < 1.29 is 9.53 Å². The van der Waals surface area contributed by atoms with Gasteiger partial charge in [-0.3, -0.25) is 24.0 Å². The number of hydrogen-bond donors (Lipinski definition) is 2. The van der Waals surface area contributed by atoms with E-state index < -0.39 is 11.2 Å². The van der Waals surface area contributed by atoms with Crippen LogP contribution in [0, 0.1) is 5.92 Å². The van der Waals surface area contributed by atoms with Crippen LogP contribution in [-0.4, -0.2) is 75.2 Å². The van der Waals surface area contributed by atoms with E-state index in [0.717, 1.165) is 31.0 Å². The second-order valence-corrected chi connectivity index (χ2v) is 11.1. The van der Waals surface area contributed by atoms with Gasteiger partial charge in [0, 0.05) is 43.2 Å². The number of nitrogens with zero attached hydrogens (tertiary/aromatic N) is 3. The van der Waals surface area contributed by atoms with Crippen molar-refractivity contribution in [2.24, 2.45) is 5.92 Å². The normalized spacial score (nSPS) is 21.6. The number of amides is 1. The van der Waals surface area contributed by atoms with E-state index in [-0.39, 0.29) is 39.9 Å². The van der Waals surface area contributed by atoms with Crippen LogP contribution in [-0.2, 0) is 11.3 Å². The number of aromatic amines is 1. The molecular weight excluding hydrogens is 454 g/mol. The Morgan fingerprint density at radius 3 is 2.62 bits per heavy atom. The molecule has 1 amide bonds. The first kappa shape index (κ1) is 24.9. The molecule has 0 aliphatic carbocycles. The van der Waals surface area contributed by atoms with Gasteiger partial charge in [-0.2, -0.15) is 11.8 Å². The van der Waals surface area contributed by atoms with Crippen LogP contribution in [0.15, 0.2) is 15.7 Å². The van der Waals surface area contributed by atoms with Crippen molar-refractivity contribution in [2.45, 2.75) is 52.1 Å². The summed E-state index contributed by atoms with van der Waals surface area (Å²) in [7, 11) is 0. The molecule has 2 aliphatic rings. The molecular formula is C24H35N5O4S. The molecule has 34 heavy (non-hydrogen) atoms. The van der Waals surface area contributed by atoms with Gasteiger partial charge < -0.3 is 10.1 Å². The van der Waals surface area contributed by atoms with Gasteiger partial charge in [0.15, 0.2) is 5.65 Å². The average Bonchev–Trinajstić information content (AvgIpc) is 3.30. The van der Waals surface area contributed by atoms with Crippen molar-refractivity contribution in [1.29, 1.82) is 0 Å². The Morgan fingerprint density at radius 1 is 1.26 bits per heavy atom. The Labute approximate surface area is 203 Å². The number of H-pyrrole nitrogens is 1. The monoisotopic (exact) mass is 489 g/mol. The standard InChI is InChI=1S/C24H35N5O4S/c1-15(2)12-29-20-19(22(31)27-23(29)32)17(11-18(26-20)16(3)4)21(30)25-13-24(5-10-34-14-24)28-6-8-33-9-7-28/h11,15-16H,5-10,12-14H2,1-4H3,(H,25,30)(H,27,31,32). The predicted octanol–water partition coefficient (Wildman–Crippen LogP) is 1.80. The summed E-state index contributed by atoms with van der Waals surface area (Å²) in [5.74, 6) is 1.91. The molecule has 1 unspecified atom stereocenters. The van der Waals surface area contributed by atoms with Gasteiger partial charge in [-0.25, -0.2) is 9.78 Å². The number of pyridine rings is 1. The van der Waals surface area contributed by atoms with Crippen LogP contribution in [0.4, 0.5) is 0 Å². The van der Waals surface area contributed by atoms with Crippen molar-refractivity contribution in [3.8, 4) is 0 Å². The summed E-state index contributed by atoms with van der Waals surface area (Å²) in [4.78, 5) is 48.6. The molecule has 2 N–H and O–H groups in total. The van der Waals surface area contributed by atoms with Crippen LogP contribution < -0.4 is 16.6 Å². The van der Waals surface area contributed by atoms with E-state index >= 15 is 0 Å². The highest BCUT2D eigenvalue weighted by Gasteiger charge is 2.41. The van der Waals surface area contributed by atoms with E-state index in [1.54, 1.807) is 6.07 Å². The second-order valence-electron chi connectivity index (χ2n) is 10.0. The summed E-state index contributed by atoms with van der Waals surface area (Å²) < 4.78 is 7.01. The number of fused-ring (bicyclic) bond motifs is 1. The number of carbonyl (C=O) groups is 1. The lowest BCUT2D eigenvalue weighted by Crippen LogP contribution is -2.59. The van der Waals surface area contributed by atoms with E-state index in [9.17, 15) is 14.4 Å². The molecule has 1 atom stereocenters. The third-order valence-electron chi connectivity index (χ3n) is 6.69. The van der Waals surface area contributed by atoms with Crippen molar-refractivity contribution >= 4 is 28.7 Å². The molecule has 10 heteroatoms. The molecule has 9 nitrogen and oxygen atoms in total. The Morgan fingerprint density at radius 2 is 2.00 bits per heavy atom. The Bertz CT molecular complexity index is 1160. The van der Waals surface area contributed by atoms with Gasteiger partial charge in [0.2, 0.25) is 0 Å². The summed E-state index contributed by atoms with van der Waals surface area (Å²) in [5.41, 5.74) is 0.0419. The van der Waals surface area contributed by atoms with Crippen molar-refractivity contribution in [3.63, 3.8) is 0 Å². The van der Waals surface area contributed by atoms with Crippen LogP contribution in [0.5, 0.6) is 0 Å². The SMILES string of the molecule is CC(C)Cn1c(=O)[nH]c(=O)c2c(C(=O)NCC3(N4CCOCC4)CCSC3)cc(C(C)C)nc21. The molecule has 2 aromatic rings. The number of thioether (sulfide) groups is 1. The van der Waals surface area contributed by atoms with Crippen LogP contribution in [0.25, 0.3) is 11.0 Å². The molecule has 0 saturated carbocycles. The first-order chi connectivity index (χ1) is 16.2. The third kappa shape index (κ3) is 4.94. The molecule has 0 bridgehead atoms. The van der Waals surface area contributed by atoms with Gasteiger partial charge in [0.1, 0.15) is 0 Å². The minimum absolute atomic E-state index is 0.0313. The van der Waals surface area contributed by atoms with Crippen molar-refractivity contribution in [3.05, 3.63) is 38.2 Å². The molecule has 186 valence electrons. The molecule has 2 saturated heterocycles. The Balaban J connectivity index is 1.73. The largest absolute Gasteiger partial charge is 0.379 e. The zero-order chi connectivity index (χ0) is 24.5. The van der Waals surface area contributed by atoms with E-state index in [0.29, 0.717) is 32.0 Å². The fourth-order valence-corrected chi connectivity index (χ4v) is 6.26. The lowest BCUT2D eigenvalue weighted by molar-refractivity contribution is -0.0129. The average molecular weight is 490 g/mol. The molecule has 0 spiro atoms. The molecule has 2 aliphatic heterocycles. The fraction of sp³-hybridized carbons (Fsp3) is 0.667. The zero-order valence-electron chi connectivity index (χ0n) is 20.5. The lowest BCUT2D eigenvalue weighted by atomic mass is 9.95. The number of aromatic nitrogens is 3. The highest BCUT2D eigenvalue weighted by atomic mass is 32.2. The highest BCUT2D eigenvalue weighted by Crippen LogP contribution is 2.33. The minimum atomic E-state index is -0.577. The number of rotatable bonds is 7. The molecule has 4 rings (SSSR count).